The van der Waals surface area contributed by atoms with Crippen LogP contribution in [0.15, 0.2) is 12.4 Å². The second kappa shape index (κ2) is 6.50. The molecule has 0 aromatic carbocycles. The Balaban J connectivity index is 0.00000128. The molecule has 1 aromatic rings. The molecule has 90 valence electrons. The maximum atomic E-state index is 5.04. The monoisotopic (exact) mass is 244 g/mol. The summed E-state index contributed by atoms with van der Waals surface area (Å²) < 4.78 is 5.04. The van der Waals surface area contributed by atoms with E-state index in [1.165, 1.54) is 19.2 Å². The topological polar surface area (TPSA) is 59.1 Å². The smallest absolute Gasteiger partial charge is 0.218 e. The Morgan fingerprint density at radius 3 is 3.06 bits per heavy atom. The molecule has 2 N–H and O–H groups in total. The van der Waals surface area contributed by atoms with E-state index in [1.807, 2.05) is 6.07 Å². The van der Waals surface area contributed by atoms with Crippen molar-refractivity contribution in [2.75, 3.05) is 25.5 Å². The highest BCUT2D eigenvalue weighted by Gasteiger charge is 2.12. The van der Waals surface area contributed by atoms with E-state index >= 15 is 0 Å². The number of piperidine rings is 1. The number of halogens is 1. The van der Waals surface area contributed by atoms with Crippen LogP contribution >= 0.6 is 12.4 Å². The maximum Gasteiger partial charge on any atom is 0.218 e. The Morgan fingerprint density at radius 2 is 2.38 bits per heavy atom. The molecule has 2 rings (SSSR count). The van der Waals surface area contributed by atoms with Crippen molar-refractivity contribution in [1.82, 2.24) is 15.3 Å². The van der Waals surface area contributed by atoms with Gasteiger partial charge in [0.2, 0.25) is 5.88 Å². The Labute approximate surface area is 101 Å². The highest BCUT2D eigenvalue weighted by Crippen LogP contribution is 2.13. The van der Waals surface area contributed by atoms with Gasteiger partial charge in [-0.2, -0.15) is 0 Å². The van der Waals surface area contributed by atoms with Crippen LogP contribution in [0.5, 0.6) is 5.88 Å². The summed E-state index contributed by atoms with van der Waals surface area (Å²) in [5.74, 6) is 1.42. The van der Waals surface area contributed by atoms with Crippen molar-refractivity contribution in [1.29, 1.82) is 0 Å². The molecule has 1 atom stereocenters. The van der Waals surface area contributed by atoms with E-state index in [0.717, 1.165) is 18.9 Å². The first-order valence-corrected chi connectivity index (χ1v) is 5.22. The zero-order valence-electron chi connectivity index (χ0n) is 9.27. The quantitative estimate of drug-likeness (QED) is 0.833. The Hall–Kier alpha value is -1.07. The fourth-order valence-corrected chi connectivity index (χ4v) is 1.71. The molecule has 0 spiro atoms. The normalized spacial score (nSPS) is 19.7. The summed E-state index contributed by atoms with van der Waals surface area (Å²) in [6, 6.07) is 2.27. The average Bonchev–Trinajstić information content (AvgIpc) is 2.31. The molecule has 1 fully saturated rings. The van der Waals surface area contributed by atoms with E-state index in [9.17, 15) is 0 Å². The fraction of sp³-hybridized carbons (Fsp3) is 0.600. The van der Waals surface area contributed by atoms with Gasteiger partial charge in [0.25, 0.3) is 0 Å². The van der Waals surface area contributed by atoms with Crippen LogP contribution in [0.25, 0.3) is 0 Å². The summed E-state index contributed by atoms with van der Waals surface area (Å²) in [7, 11) is 1.61. The SMILES string of the molecule is COc1cc(NC2CCCNC2)ncn1.Cl. The summed E-state index contributed by atoms with van der Waals surface area (Å²) in [6.07, 6.45) is 3.90. The van der Waals surface area contributed by atoms with Gasteiger partial charge in [0.1, 0.15) is 12.1 Å². The molecule has 0 saturated carbocycles. The van der Waals surface area contributed by atoms with E-state index in [0.29, 0.717) is 11.9 Å². The Bertz CT molecular complexity index is 317. The Kier molecular flexibility index (Phi) is 5.28. The third-order valence-corrected chi connectivity index (χ3v) is 2.50. The summed E-state index contributed by atoms with van der Waals surface area (Å²) in [4.78, 5) is 8.11. The van der Waals surface area contributed by atoms with Gasteiger partial charge >= 0.3 is 0 Å². The number of rotatable bonds is 3. The van der Waals surface area contributed by atoms with Crippen LogP contribution in [0.1, 0.15) is 12.8 Å². The van der Waals surface area contributed by atoms with Crippen LogP contribution in [0.4, 0.5) is 5.82 Å². The summed E-state index contributed by atoms with van der Waals surface area (Å²) >= 11 is 0. The van der Waals surface area contributed by atoms with Gasteiger partial charge in [-0.1, -0.05) is 0 Å². The van der Waals surface area contributed by atoms with Gasteiger partial charge in [-0.3, -0.25) is 0 Å². The standard InChI is InChI=1S/C10H16N4O.ClH/c1-15-10-5-9(12-7-13-10)14-8-3-2-4-11-6-8;/h5,7-8,11H,2-4,6H2,1H3,(H,12,13,14);1H. The number of nitrogens with one attached hydrogen (secondary N) is 2. The first-order chi connectivity index (χ1) is 7.38. The highest BCUT2D eigenvalue weighted by atomic mass is 35.5. The van der Waals surface area contributed by atoms with Crippen molar-refractivity contribution in [3.05, 3.63) is 12.4 Å². The molecule has 16 heavy (non-hydrogen) atoms. The molecular formula is C10H17ClN4O. The molecule has 0 aliphatic carbocycles. The number of hydrogen-bond acceptors (Lipinski definition) is 5. The fourth-order valence-electron chi connectivity index (χ4n) is 1.71. The minimum absolute atomic E-state index is 0. The van der Waals surface area contributed by atoms with Crippen molar-refractivity contribution in [3.8, 4) is 5.88 Å². The van der Waals surface area contributed by atoms with E-state index in [2.05, 4.69) is 20.6 Å². The van der Waals surface area contributed by atoms with Crippen molar-refractivity contribution in [3.63, 3.8) is 0 Å². The van der Waals surface area contributed by atoms with Crippen LogP contribution in [-0.2, 0) is 0 Å². The average molecular weight is 245 g/mol. The molecule has 1 aliphatic heterocycles. The lowest BCUT2D eigenvalue weighted by molar-refractivity contribution is 0.397. The second-order valence-electron chi connectivity index (χ2n) is 3.63. The van der Waals surface area contributed by atoms with Crippen molar-refractivity contribution in [2.45, 2.75) is 18.9 Å². The van der Waals surface area contributed by atoms with E-state index in [-0.39, 0.29) is 12.4 Å². The maximum absolute atomic E-state index is 5.04. The molecule has 6 heteroatoms. The lowest BCUT2D eigenvalue weighted by Gasteiger charge is -2.24. The zero-order valence-corrected chi connectivity index (χ0v) is 10.1. The van der Waals surface area contributed by atoms with Crippen molar-refractivity contribution < 1.29 is 4.74 Å². The predicted octanol–water partition coefficient (Wildman–Crippen LogP) is 1.07. The van der Waals surface area contributed by atoms with Gasteiger partial charge < -0.3 is 15.4 Å². The third-order valence-electron chi connectivity index (χ3n) is 2.50. The molecule has 2 heterocycles. The van der Waals surface area contributed by atoms with Crippen LogP contribution in [0.3, 0.4) is 0 Å². The molecule has 1 saturated heterocycles. The molecular weight excluding hydrogens is 228 g/mol. The van der Waals surface area contributed by atoms with Crippen LogP contribution in [0, 0.1) is 0 Å². The van der Waals surface area contributed by atoms with Crippen LogP contribution in [0.2, 0.25) is 0 Å². The van der Waals surface area contributed by atoms with Gasteiger partial charge in [-0.15, -0.1) is 12.4 Å². The van der Waals surface area contributed by atoms with Gasteiger partial charge in [-0.05, 0) is 19.4 Å². The van der Waals surface area contributed by atoms with Crippen LogP contribution in [-0.4, -0.2) is 36.2 Å². The second-order valence-corrected chi connectivity index (χ2v) is 3.63. The van der Waals surface area contributed by atoms with Gasteiger partial charge in [0.15, 0.2) is 0 Å². The number of anilines is 1. The third kappa shape index (κ3) is 3.50. The van der Waals surface area contributed by atoms with Crippen LogP contribution < -0.4 is 15.4 Å². The minimum atomic E-state index is 0. The van der Waals surface area contributed by atoms with E-state index in [1.54, 1.807) is 7.11 Å². The summed E-state index contributed by atoms with van der Waals surface area (Å²) in [6.45, 7) is 2.11. The van der Waals surface area contributed by atoms with Gasteiger partial charge in [0, 0.05) is 18.7 Å². The summed E-state index contributed by atoms with van der Waals surface area (Å²) in [5, 5.41) is 6.71. The lowest BCUT2D eigenvalue weighted by atomic mass is 10.1. The first-order valence-electron chi connectivity index (χ1n) is 5.22. The molecule has 1 aromatic heterocycles. The molecule has 0 bridgehead atoms. The largest absolute Gasteiger partial charge is 0.481 e. The molecule has 0 amide bonds. The van der Waals surface area contributed by atoms with E-state index in [4.69, 9.17) is 4.74 Å². The number of methoxy groups -OCH3 is 1. The number of hydrogen-bond donors (Lipinski definition) is 2. The number of aromatic nitrogens is 2. The highest BCUT2D eigenvalue weighted by molar-refractivity contribution is 5.85. The molecule has 1 unspecified atom stereocenters. The molecule has 5 nitrogen and oxygen atoms in total. The van der Waals surface area contributed by atoms with E-state index < -0.39 is 0 Å². The first kappa shape index (κ1) is 13.0. The molecule has 0 radical (unpaired) electrons. The molecule has 1 aliphatic rings. The zero-order chi connectivity index (χ0) is 10.5. The lowest BCUT2D eigenvalue weighted by Crippen LogP contribution is -2.38. The van der Waals surface area contributed by atoms with Crippen molar-refractivity contribution >= 4 is 18.2 Å². The Morgan fingerprint density at radius 1 is 1.50 bits per heavy atom. The summed E-state index contributed by atoms with van der Waals surface area (Å²) in [5.41, 5.74) is 0. The predicted molar refractivity (Wildman–Crippen MR) is 65.3 cm³/mol. The number of nitrogens with zero attached hydrogens (tertiary/aromatic N) is 2. The number of ether oxygens (including phenoxy) is 1. The van der Waals surface area contributed by atoms with Crippen molar-refractivity contribution in [2.24, 2.45) is 0 Å². The van der Waals surface area contributed by atoms with Gasteiger partial charge in [0.05, 0.1) is 7.11 Å². The van der Waals surface area contributed by atoms with Gasteiger partial charge in [-0.25, -0.2) is 9.97 Å². The minimum Gasteiger partial charge on any atom is -0.481 e.